The van der Waals surface area contributed by atoms with Crippen LogP contribution in [0.1, 0.15) is 128 Å². The minimum absolute atomic E-state index is 0. The van der Waals surface area contributed by atoms with Gasteiger partial charge in [0.1, 0.15) is 11.5 Å². The van der Waals surface area contributed by atoms with Crippen molar-refractivity contribution in [3.8, 4) is 11.5 Å². The molecule has 0 amide bonds. The van der Waals surface area contributed by atoms with Crippen LogP contribution in [-0.4, -0.2) is 34.7 Å². The summed E-state index contributed by atoms with van der Waals surface area (Å²) in [6, 6.07) is 12.8. The fraction of sp³-hybridized carbons (Fsp3) is 0.588. The van der Waals surface area contributed by atoms with Crippen molar-refractivity contribution in [3.63, 3.8) is 0 Å². The largest absolute Gasteiger partial charge is 2.00 e. The minimum atomic E-state index is -0.0429. The Morgan fingerprint density at radius 3 is 1.20 bits per heavy atom. The fourth-order valence-corrected chi connectivity index (χ4v) is 5.37. The molecular formula is C34H50Cl2N2O2Ti. The van der Waals surface area contributed by atoms with E-state index < -0.39 is 0 Å². The van der Waals surface area contributed by atoms with Gasteiger partial charge in [0.05, 0.1) is 0 Å². The van der Waals surface area contributed by atoms with Gasteiger partial charge in [0.15, 0.2) is 0 Å². The van der Waals surface area contributed by atoms with Crippen LogP contribution < -0.4 is 24.8 Å². The van der Waals surface area contributed by atoms with Crippen LogP contribution in [0.2, 0.25) is 0 Å². The predicted octanol–water partition coefficient (Wildman–Crippen LogP) is 2.89. The van der Waals surface area contributed by atoms with Crippen molar-refractivity contribution in [2.75, 3.05) is 0 Å². The molecule has 7 heteroatoms. The Morgan fingerprint density at radius 1 is 0.585 bits per heavy atom. The third kappa shape index (κ3) is 12.4. The Balaban J connectivity index is 0.000000727. The molecule has 0 spiro atoms. The summed E-state index contributed by atoms with van der Waals surface area (Å²) < 4.78 is 0. The number of nitrogens with zero attached hydrogens (tertiary/aromatic N) is 2. The number of hydrogen-bond acceptors (Lipinski definition) is 4. The number of halogens is 2. The molecule has 0 saturated heterocycles. The number of hydrogen-bond donors (Lipinski definition) is 2. The van der Waals surface area contributed by atoms with Crippen LogP contribution in [0.5, 0.6) is 11.5 Å². The molecule has 0 unspecified atom stereocenters. The van der Waals surface area contributed by atoms with Gasteiger partial charge in [-0.05, 0) is 59.8 Å². The molecule has 2 saturated carbocycles. The molecule has 2 aromatic rings. The molecule has 2 aliphatic rings. The minimum Gasteiger partial charge on any atom is -1.00 e. The summed E-state index contributed by atoms with van der Waals surface area (Å²) in [5, 5.41) is 20.7. The van der Waals surface area contributed by atoms with Crippen molar-refractivity contribution in [2.45, 2.75) is 129 Å². The molecule has 0 aromatic heterocycles. The van der Waals surface area contributed by atoms with Gasteiger partial charge in [0, 0.05) is 35.6 Å². The standard InChI is InChI=1S/2C17H25NO.2ClH.Ti/c2*1-17(2,3)15-11-7-8-13(16(15)19)12-18-14-9-5-4-6-10-14;;;/h2*7-8,11-12,14,19H,4-6,9-10H2,1-3H3;2*1H;/q;;;;+2/p-2. The number of benzene rings is 2. The normalized spacial score (nSPS) is 16.7. The van der Waals surface area contributed by atoms with Crippen LogP contribution in [0.15, 0.2) is 46.4 Å². The van der Waals surface area contributed by atoms with Gasteiger partial charge >= 0.3 is 21.7 Å². The average molecular weight is 638 g/mol. The van der Waals surface area contributed by atoms with Gasteiger partial charge in [-0.3, -0.25) is 9.98 Å². The second-order valence-corrected chi connectivity index (χ2v) is 13.1. The van der Waals surface area contributed by atoms with E-state index >= 15 is 0 Å². The van der Waals surface area contributed by atoms with Gasteiger partial charge in [0.25, 0.3) is 0 Å². The number of aliphatic imine (C=N–C) groups is 2. The van der Waals surface area contributed by atoms with Gasteiger partial charge in [-0.25, -0.2) is 0 Å². The molecule has 226 valence electrons. The Bertz CT molecular complexity index is 1010. The van der Waals surface area contributed by atoms with Crippen molar-refractivity contribution >= 4 is 12.4 Å². The summed E-state index contributed by atoms with van der Waals surface area (Å²) in [6.07, 6.45) is 16.3. The first kappa shape index (κ1) is 39.7. The summed E-state index contributed by atoms with van der Waals surface area (Å²) in [4.78, 5) is 9.30. The zero-order valence-corrected chi connectivity index (χ0v) is 29.0. The van der Waals surface area contributed by atoms with E-state index in [1.54, 1.807) is 0 Å². The molecule has 4 nitrogen and oxygen atoms in total. The monoisotopic (exact) mass is 636 g/mol. The zero-order chi connectivity index (χ0) is 27.8. The van der Waals surface area contributed by atoms with E-state index in [4.69, 9.17) is 0 Å². The molecular weight excluding hydrogens is 587 g/mol. The SMILES string of the molecule is CC(C)(C)c1cccc(C=NC2CCCCC2)c1O.CC(C)(C)c1cccc(C=NC2CCCCC2)c1O.[Cl-].[Cl-].[Ti+2]. The maximum absolute atomic E-state index is 10.4. The second-order valence-electron chi connectivity index (χ2n) is 13.1. The Morgan fingerprint density at radius 2 is 0.902 bits per heavy atom. The van der Waals surface area contributed by atoms with Gasteiger partial charge in [-0.2, -0.15) is 0 Å². The van der Waals surface area contributed by atoms with Crippen LogP contribution in [-0.2, 0) is 32.5 Å². The summed E-state index contributed by atoms with van der Waals surface area (Å²) >= 11 is 0. The van der Waals surface area contributed by atoms with Crippen LogP contribution >= 0.6 is 0 Å². The number of para-hydroxylation sites is 2. The smallest absolute Gasteiger partial charge is 1.00 e. The number of rotatable bonds is 4. The third-order valence-electron chi connectivity index (χ3n) is 7.75. The first-order valence-corrected chi connectivity index (χ1v) is 14.7. The van der Waals surface area contributed by atoms with Crippen molar-refractivity contribution in [1.29, 1.82) is 0 Å². The van der Waals surface area contributed by atoms with Crippen LogP contribution in [0.3, 0.4) is 0 Å². The quantitative estimate of drug-likeness (QED) is 0.401. The predicted molar refractivity (Wildman–Crippen MR) is 163 cm³/mol. The van der Waals surface area contributed by atoms with Crippen LogP contribution in [0.4, 0.5) is 0 Å². The van der Waals surface area contributed by atoms with Gasteiger partial charge in [0.2, 0.25) is 0 Å². The zero-order valence-electron chi connectivity index (χ0n) is 25.9. The van der Waals surface area contributed by atoms with Gasteiger partial charge in [-0.1, -0.05) is 104 Å². The van der Waals surface area contributed by atoms with E-state index in [9.17, 15) is 10.2 Å². The number of phenolic OH excluding ortho intramolecular Hbond substituents is 2. The van der Waals surface area contributed by atoms with Crippen molar-refractivity contribution < 1.29 is 56.7 Å². The summed E-state index contributed by atoms with van der Waals surface area (Å²) in [5.41, 5.74) is 3.58. The van der Waals surface area contributed by atoms with Crippen molar-refractivity contribution in [3.05, 3.63) is 58.7 Å². The molecule has 0 heterocycles. The molecule has 41 heavy (non-hydrogen) atoms. The van der Waals surface area contributed by atoms with E-state index in [0.29, 0.717) is 23.6 Å². The molecule has 4 rings (SSSR count). The Labute approximate surface area is 276 Å². The average Bonchev–Trinajstić information content (AvgIpc) is 2.88. The summed E-state index contributed by atoms with van der Waals surface area (Å²) in [7, 11) is 0. The van der Waals surface area contributed by atoms with E-state index in [1.165, 1.54) is 64.2 Å². The molecule has 2 aliphatic carbocycles. The molecule has 2 N–H and O–H groups in total. The van der Waals surface area contributed by atoms with Gasteiger partial charge in [-0.15, -0.1) is 0 Å². The van der Waals surface area contributed by atoms with E-state index in [1.807, 2.05) is 48.8 Å². The topological polar surface area (TPSA) is 65.2 Å². The van der Waals surface area contributed by atoms with E-state index in [0.717, 1.165) is 22.3 Å². The molecule has 2 fully saturated rings. The van der Waals surface area contributed by atoms with Crippen LogP contribution in [0.25, 0.3) is 0 Å². The fourth-order valence-electron chi connectivity index (χ4n) is 5.37. The Kier molecular flexibility index (Phi) is 17.8. The maximum atomic E-state index is 10.4. The van der Waals surface area contributed by atoms with Crippen molar-refractivity contribution in [1.82, 2.24) is 0 Å². The van der Waals surface area contributed by atoms with Crippen molar-refractivity contribution in [2.24, 2.45) is 9.98 Å². The van der Waals surface area contributed by atoms with Gasteiger partial charge < -0.3 is 35.0 Å². The molecule has 0 aliphatic heterocycles. The molecule has 0 bridgehead atoms. The number of aromatic hydroxyl groups is 2. The molecule has 0 radical (unpaired) electrons. The maximum Gasteiger partial charge on any atom is 2.00 e. The summed E-state index contributed by atoms with van der Waals surface area (Å²) in [6.45, 7) is 12.7. The van der Waals surface area contributed by atoms with E-state index in [-0.39, 0.29) is 57.4 Å². The molecule has 0 atom stereocenters. The number of phenols is 2. The Hall–Kier alpha value is -1.33. The summed E-state index contributed by atoms with van der Waals surface area (Å²) in [5.74, 6) is 0.768. The second kappa shape index (κ2) is 18.4. The molecule has 2 aromatic carbocycles. The van der Waals surface area contributed by atoms with Crippen LogP contribution in [0, 0.1) is 0 Å². The first-order chi connectivity index (χ1) is 18.0. The first-order valence-electron chi connectivity index (χ1n) is 14.7. The van der Waals surface area contributed by atoms with E-state index in [2.05, 4.69) is 51.5 Å². The third-order valence-corrected chi connectivity index (χ3v) is 7.75.